The van der Waals surface area contributed by atoms with Gasteiger partial charge < -0.3 is 9.32 Å². The molecule has 6 nitrogen and oxygen atoms in total. The number of hydrogen-bond donors (Lipinski definition) is 0. The van der Waals surface area contributed by atoms with Crippen LogP contribution in [-0.4, -0.2) is 52.1 Å². The molecule has 1 saturated heterocycles. The average Bonchev–Trinajstić information content (AvgIpc) is 3.12. The number of hydrogen-bond acceptors (Lipinski definition) is 5. The van der Waals surface area contributed by atoms with Crippen LogP contribution in [0.15, 0.2) is 28.7 Å². The van der Waals surface area contributed by atoms with E-state index < -0.39 is 0 Å². The van der Waals surface area contributed by atoms with Gasteiger partial charge >= 0.3 is 0 Å². The van der Waals surface area contributed by atoms with Crippen molar-refractivity contribution in [1.29, 1.82) is 0 Å². The second-order valence-corrected chi connectivity index (χ2v) is 6.66. The van der Waals surface area contributed by atoms with Crippen molar-refractivity contribution in [3.63, 3.8) is 0 Å². The highest BCUT2D eigenvalue weighted by molar-refractivity contribution is 6.31. The molecule has 0 radical (unpaired) electrons. The molecule has 1 aromatic carbocycles. The van der Waals surface area contributed by atoms with Gasteiger partial charge in [-0.2, -0.15) is 0 Å². The number of halogens is 1. The molecule has 2 aromatic rings. The third kappa shape index (κ3) is 4.19. The highest BCUT2D eigenvalue weighted by Crippen LogP contribution is 2.21. The summed E-state index contributed by atoms with van der Waals surface area (Å²) >= 11 is 6.15. The average molecular weight is 363 g/mol. The van der Waals surface area contributed by atoms with E-state index in [1.807, 2.05) is 36.1 Å². The smallest absolute Gasteiger partial charge is 0.233 e. The van der Waals surface area contributed by atoms with E-state index in [1.54, 1.807) is 0 Å². The first-order valence-corrected chi connectivity index (χ1v) is 9.03. The van der Waals surface area contributed by atoms with Crippen LogP contribution < -0.4 is 0 Å². The summed E-state index contributed by atoms with van der Waals surface area (Å²) in [6.07, 6.45) is 1.09. The summed E-state index contributed by atoms with van der Waals surface area (Å²) in [6.45, 7) is 7.03. The van der Waals surface area contributed by atoms with Crippen molar-refractivity contribution in [2.24, 2.45) is 0 Å². The first kappa shape index (κ1) is 17.9. The SMILES string of the molecule is CCc1nnc(C(C)N2CCN(C(=O)Cc3ccccc3Cl)CC2)o1. The van der Waals surface area contributed by atoms with E-state index in [-0.39, 0.29) is 11.9 Å². The molecule has 1 aliphatic rings. The summed E-state index contributed by atoms with van der Waals surface area (Å²) in [6, 6.07) is 7.56. The Kier molecular flexibility index (Phi) is 5.71. The summed E-state index contributed by atoms with van der Waals surface area (Å²) in [5, 5.41) is 8.80. The van der Waals surface area contributed by atoms with E-state index in [0.717, 1.165) is 25.1 Å². The van der Waals surface area contributed by atoms with E-state index in [1.165, 1.54) is 0 Å². The fourth-order valence-electron chi connectivity index (χ4n) is 3.01. The molecule has 0 saturated carbocycles. The zero-order chi connectivity index (χ0) is 17.8. The second-order valence-electron chi connectivity index (χ2n) is 6.25. The maximum atomic E-state index is 12.5. The first-order chi connectivity index (χ1) is 12.1. The van der Waals surface area contributed by atoms with E-state index in [9.17, 15) is 4.79 Å². The Labute approximate surface area is 152 Å². The summed E-state index contributed by atoms with van der Waals surface area (Å²) in [5.74, 6) is 1.43. The molecule has 0 N–H and O–H groups in total. The molecule has 1 atom stereocenters. The van der Waals surface area contributed by atoms with Crippen molar-refractivity contribution in [2.75, 3.05) is 26.2 Å². The van der Waals surface area contributed by atoms with E-state index in [2.05, 4.69) is 22.0 Å². The number of rotatable bonds is 5. The fourth-order valence-corrected chi connectivity index (χ4v) is 3.21. The molecule has 1 amide bonds. The lowest BCUT2D eigenvalue weighted by Crippen LogP contribution is -2.49. The maximum Gasteiger partial charge on any atom is 0.233 e. The third-order valence-corrected chi connectivity index (χ3v) is 5.03. The minimum atomic E-state index is 0.0635. The lowest BCUT2D eigenvalue weighted by Gasteiger charge is -2.37. The zero-order valence-electron chi connectivity index (χ0n) is 14.6. The molecular formula is C18H23ClN4O2. The van der Waals surface area contributed by atoms with Crippen molar-refractivity contribution in [1.82, 2.24) is 20.0 Å². The molecule has 3 rings (SSSR count). The van der Waals surface area contributed by atoms with Crippen molar-refractivity contribution in [2.45, 2.75) is 32.7 Å². The summed E-state index contributed by atoms with van der Waals surface area (Å²) in [5.41, 5.74) is 0.878. The van der Waals surface area contributed by atoms with Gasteiger partial charge in [0.15, 0.2) is 0 Å². The van der Waals surface area contributed by atoms with E-state index >= 15 is 0 Å². The fraction of sp³-hybridized carbons (Fsp3) is 0.500. The van der Waals surface area contributed by atoms with E-state index in [4.69, 9.17) is 16.0 Å². The maximum absolute atomic E-state index is 12.5. The van der Waals surface area contributed by atoms with Crippen LogP contribution in [0.4, 0.5) is 0 Å². The van der Waals surface area contributed by atoms with Crippen LogP contribution in [-0.2, 0) is 17.6 Å². The number of piperazine rings is 1. The number of aryl methyl sites for hydroxylation is 1. The van der Waals surface area contributed by atoms with Crippen molar-refractivity contribution >= 4 is 17.5 Å². The van der Waals surface area contributed by atoms with Gasteiger partial charge in [0.1, 0.15) is 0 Å². The predicted molar refractivity (Wildman–Crippen MR) is 95.4 cm³/mol. The van der Waals surface area contributed by atoms with Crippen LogP contribution in [0.2, 0.25) is 5.02 Å². The molecule has 1 unspecified atom stereocenters. The first-order valence-electron chi connectivity index (χ1n) is 8.66. The number of carbonyl (C=O) groups is 1. The molecule has 134 valence electrons. The van der Waals surface area contributed by atoms with Gasteiger partial charge in [0.05, 0.1) is 12.5 Å². The Bertz CT molecular complexity index is 725. The predicted octanol–water partition coefficient (Wildman–Crippen LogP) is 2.73. The molecule has 1 fully saturated rings. The van der Waals surface area contributed by atoms with Gasteiger partial charge in [-0.25, -0.2) is 0 Å². The minimum absolute atomic E-state index is 0.0635. The van der Waals surface area contributed by atoms with Crippen LogP contribution in [0.5, 0.6) is 0 Å². The van der Waals surface area contributed by atoms with Gasteiger partial charge in [0, 0.05) is 37.6 Å². The molecule has 2 heterocycles. The molecule has 0 spiro atoms. The minimum Gasteiger partial charge on any atom is -0.424 e. The third-order valence-electron chi connectivity index (χ3n) is 4.66. The molecule has 7 heteroatoms. The van der Waals surface area contributed by atoms with Gasteiger partial charge in [-0.05, 0) is 18.6 Å². The number of nitrogens with zero attached hydrogens (tertiary/aromatic N) is 4. The lowest BCUT2D eigenvalue weighted by atomic mass is 10.1. The van der Waals surface area contributed by atoms with Crippen LogP contribution in [0.25, 0.3) is 0 Å². The van der Waals surface area contributed by atoms with Gasteiger partial charge in [-0.15, -0.1) is 10.2 Å². The number of benzene rings is 1. The summed E-state index contributed by atoms with van der Waals surface area (Å²) in [7, 11) is 0. The standard InChI is InChI=1S/C18H23ClN4O2/c1-3-16-20-21-18(25-16)13(2)22-8-10-23(11-9-22)17(24)12-14-6-4-5-7-15(14)19/h4-7,13H,3,8-12H2,1-2H3. The summed E-state index contributed by atoms with van der Waals surface area (Å²) in [4.78, 5) is 16.7. The Balaban J connectivity index is 1.54. The number of amides is 1. The van der Waals surface area contributed by atoms with Gasteiger partial charge in [-0.3, -0.25) is 9.69 Å². The Morgan fingerprint density at radius 3 is 2.60 bits per heavy atom. The van der Waals surface area contributed by atoms with Crippen LogP contribution in [0.1, 0.15) is 37.2 Å². The Hall–Kier alpha value is -1.92. The summed E-state index contributed by atoms with van der Waals surface area (Å²) < 4.78 is 5.66. The number of carbonyl (C=O) groups excluding carboxylic acids is 1. The second kappa shape index (κ2) is 7.97. The molecule has 1 aromatic heterocycles. The Morgan fingerprint density at radius 1 is 1.24 bits per heavy atom. The monoisotopic (exact) mass is 362 g/mol. The van der Waals surface area contributed by atoms with Crippen LogP contribution in [0.3, 0.4) is 0 Å². The molecule has 1 aliphatic heterocycles. The van der Waals surface area contributed by atoms with Gasteiger partial charge in [-0.1, -0.05) is 36.7 Å². The normalized spacial score (nSPS) is 16.8. The quantitative estimate of drug-likeness (QED) is 0.818. The highest BCUT2D eigenvalue weighted by atomic mass is 35.5. The van der Waals surface area contributed by atoms with Gasteiger partial charge in [0.25, 0.3) is 0 Å². The van der Waals surface area contributed by atoms with Crippen LogP contribution in [0, 0.1) is 0 Å². The Morgan fingerprint density at radius 2 is 1.96 bits per heavy atom. The van der Waals surface area contributed by atoms with Crippen molar-refractivity contribution in [3.05, 3.63) is 46.6 Å². The topological polar surface area (TPSA) is 62.5 Å². The molecule has 0 bridgehead atoms. The lowest BCUT2D eigenvalue weighted by molar-refractivity contribution is -0.132. The molecule has 25 heavy (non-hydrogen) atoms. The number of aromatic nitrogens is 2. The molecule has 0 aliphatic carbocycles. The van der Waals surface area contributed by atoms with E-state index in [0.29, 0.717) is 36.3 Å². The molecular weight excluding hydrogens is 340 g/mol. The van der Waals surface area contributed by atoms with Gasteiger partial charge in [0.2, 0.25) is 17.7 Å². The largest absolute Gasteiger partial charge is 0.424 e. The zero-order valence-corrected chi connectivity index (χ0v) is 15.4. The van der Waals surface area contributed by atoms with Crippen molar-refractivity contribution in [3.8, 4) is 0 Å². The van der Waals surface area contributed by atoms with Crippen LogP contribution >= 0.6 is 11.6 Å². The highest BCUT2D eigenvalue weighted by Gasteiger charge is 2.27. The van der Waals surface area contributed by atoms with Crippen molar-refractivity contribution < 1.29 is 9.21 Å².